The number of phenolic OH excluding ortho intramolecular Hbond substituents is 1. The number of phenols is 1. The van der Waals surface area contributed by atoms with E-state index in [9.17, 15) is 14.7 Å². The third kappa shape index (κ3) is 4.48. The molecule has 1 aromatic rings. The van der Waals surface area contributed by atoms with Crippen molar-refractivity contribution in [1.29, 1.82) is 0 Å². The van der Waals surface area contributed by atoms with Crippen LogP contribution in [0.1, 0.15) is 43.0 Å². The molecule has 0 saturated heterocycles. The van der Waals surface area contributed by atoms with Crippen molar-refractivity contribution in [3.8, 4) is 5.75 Å². The molecule has 0 unspecified atom stereocenters. The van der Waals surface area contributed by atoms with E-state index in [0.717, 1.165) is 19.3 Å². The lowest BCUT2D eigenvalue weighted by atomic mass is 9.86. The average molecular weight is 291 g/mol. The van der Waals surface area contributed by atoms with Crippen molar-refractivity contribution in [2.75, 3.05) is 6.61 Å². The number of nitrogens with one attached hydrogen (secondary N) is 1. The molecule has 0 aromatic heterocycles. The Bertz CT molecular complexity index is 515. The predicted octanol–water partition coefficient (Wildman–Crippen LogP) is 2.24. The van der Waals surface area contributed by atoms with Gasteiger partial charge in [0.2, 0.25) is 0 Å². The molecule has 114 valence electrons. The summed E-state index contributed by atoms with van der Waals surface area (Å²) in [6.07, 6.45) is 4.43. The molecule has 2 rings (SSSR count). The maximum absolute atomic E-state index is 11.8. The third-order valence-electron chi connectivity index (χ3n) is 3.87. The summed E-state index contributed by atoms with van der Waals surface area (Å²) < 4.78 is 4.96. The summed E-state index contributed by atoms with van der Waals surface area (Å²) in [6, 6.07) is 6.03. The third-order valence-corrected chi connectivity index (χ3v) is 3.87. The minimum Gasteiger partial charge on any atom is -0.508 e. The van der Waals surface area contributed by atoms with E-state index >= 15 is 0 Å². The van der Waals surface area contributed by atoms with Crippen LogP contribution in [-0.2, 0) is 9.53 Å². The Kier molecular flexibility index (Phi) is 5.20. The van der Waals surface area contributed by atoms with Crippen LogP contribution >= 0.6 is 0 Å². The van der Waals surface area contributed by atoms with Gasteiger partial charge in [-0.3, -0.25) is 4.79 Å². The minimum absolute atomic E-state index is 0.00932. The Hall–Kier alpha value is -2.04. The van der Waals surface area contributed by atoms with Gasteiger partial charge >= 0.3 is 5.97 Å². The van der Waals surface area contributed by atoms with E-state index in [1.807, 2.05) is 0 Å². The fourth-order valence-electron chi connectivity index (χ4n) is 2.63. The molecule has 0 bridgehead atoms. The smallest absolute Gasteiger partial charge is 0.338 e. The minimum atomic E-state index is -0.613. The zero-order valence-corrected chi connectivity index (χ0v) is 12.2. The van der Waals surface area contributed by atoms with Crippen molar-refractivity contribution < 1.29 is 19.4 Å². The topological polar surface area (TPSA) is 75.6 Å². The second-order valence-corrected chi connectivity index (χ2v) is 5.56. The van der Waals surface area contributed by atoms with E-state index < -0.39 is 5.97 Å². The highest BCUT2D eigenvalue weighted by Gasteiger charge is 2.23. The Morgan fingerprint density at radius 2 is 2.10 bits per heavy atom. The predicted molar refractivity (Wildman–Crippen MR) is 78.0 cm³/mol. The van der Waals surface area contributed by atoms with Crippen LogP contribution in [0.5, 0.6) is 5.75 Å². The molecule has 5 nitrogen and oxygen atoms in total. The lowest BCUT2D eigenvalue weighted by molar-refractivity contribution is -0.125. The summed E-state index contributed by atoms with van der Waals surface area (Å²) in [4.78, 5) is 23.6. The van der Waals surface area contributed by atoms with Crippen molar-refractivity contribution in [2.45, 2.75) is 38.6 Å². The first-order valence-electron chi connectivity index (χ1n) is 7.32. The van der Waals surface area contributed by atoms with E-state index in [1.165, 1.54) is 24.6 Å². The molecule has 2 atom stereocenters. The standard InChI is InChI=1S/C16H21NO4/c1-11-5-2-3-8-14(11)17-15(19)10-21-16(20)12-6-4-7-13(18)9-12/h4,6-7,9,11,14,18H,2-3,5,8,10H2,1H3,(H,17,19)/t11-,14-/m0/s1. The zero-order valence-electron chi connectivity index (χ0n) is 12.2. The highest BCUT2D eigenvalue weighted by molar-refractivity contribution is 5.91. The molecule has 0 heterocycles. The number of carbonyl (C=O) groups is 2. The van der Waals surface area contributed by atoms with E-state index in [2.05, 4.69) is 12.2 Å². The van der Waals surface area contributed by atoms with Gasteiger partial charge in [-0.2, -0.15) is 0 Å². The van der Waals surface area contributed by atoms with Crippen LogP contribution in [-0.4, -0.2) is 29.6 Å². The second-order valence-electron chi connectivity index (χ2n) is 5.56. The van der Waals surface area contributed by atoms with E-state index in [-0.39, 0.29) is 29.9 Å². The van der Waals surface area contributed by atoms with Gasteiger partial charge in [-0.1, -0.05) is 25.8 Å². The molecule has 5 heteroatoms. The van der Waals surface area contributed by atoms with Gasteiger partial charge in [0.25, 0.3) is 5.91 Å². The summed E-state index contributed by atoms with van der Waals surface area (Å²) in [7, 11) is 0. The van der Waals surface area contributed by atoms with Gasteiger partial charge in [0.05, 0.1) is 5.56 Å². The Morgan fingerprint density at radius 1 is 1.33 bits per heavy atom. The Morgan fingerprint density at radius 3 is 2.81 bits per heavy atom. The maximum atomic E-state index is 11.8. The van der Waals surface area contributed by atoms with Crippen molar-refractivity contribution >= 4 is 11.9 Å². The molecule has 1 aromatic carbocycles. The van der Waals surface area contributed by atoms with Crippen LogP contribution in [0.3, 0.4) is 0 Å². The molecular formula is C16H21NO4. The van der Waals surface area contributed by atoms with Crippen molar-refractivity contribution in [1.82, 2.24) is 5.32 Å². The van der Waals surface area contributed by atoms with Gasteiger partial charge in [-0.05, 0) is 37.0 Å². The highest BCUT2D eigenvalue weighted by Crippen LogP contribution is 2.23. The van der Waals surface area contributed by atoms with Crippen LogP contribution in [0.4, 0.5) is 0 Å². The van der Waals surface area contributed by atoms with Gasteiger partial charge in [0.15, 0.2) is 6.61 Å². The Balaban J connectivity index is 1.79. The quantitative estimate of drug-likeness (QED) is 0.834. The van der Waals surface area contributed by atoms with Crippen LogP contribution < -0.4 is 5.32 Å². The number of amides is 1. The zero-order chi connectivity index (χ0) is 15.2. The van der Waals surface area contributed by atoms with Crippen LogP contribution in [0.25, 0.3) is 0 Å². The van der Waals surface area contributed by atoms with Gasteiger partial charge in [-0.25, -0.2) is 4.79 Å². The molecule has 2 N–H and O–H groups in total. The first kappa shape index (κ1) is 15.4. The van der Waals surface area contributed by atoms with Crippen LogP contribution in [0.15, 0.2) is 24.3 Å². The second kappa shape index (κ2) is 7.11. The van der Waals surface area contributed by atoms with E-state index in [4.69, 9.17) is 4.74 Å². The number of hydrogen-bond acceptors (Lipinski definition) is 4. The molecule has 1 saturated carbocycles. The van der Waals surface area contributed by atoms with Crippen LogP contribution in [0, 0.1) is 5.92 Å². The number of rotatable bonds is 4. The molecule has 1 amide bonds. The average Bonchev–Trinajstić information content (AvgIpc) is 2.47. The lowest BCUT2D eigenvalue weighted by Crippen LogP contribution is -2.42. The van der Waals surface area contributed by atoms with Gasteiger partial charge in [-0.15, -0.1) is 0 Å². The molecule has 21 heavy (non-hydrogen) atoms. The summed E-state index contributed by atoms with van der Waals surface area (Å²) in [5.41, 5.74) is 0.230. The van der Waals surface area contributed by atoms with Gasteiger partial charge in [0, 0.05) is 6.04 Å². The van der Waals surface area contributed by atoms with E-state index in [0.29, 0.717) is 5.92 Å². The molecular weight excluding hydrogens is 270 g/mol. The van der Waals surface area contributed by atoms with Gasteiger partial charge < -0.3 is 15.2 Å². The van der Waals surface area contributed by atoms with Crippen LogP contribution in [0.2, 0.25) is 0 Å². The monoisotopic (exact) mass is 291 g/mol. The molecule has 0 aliphatic heterocycles. The Labute approximate surface area is 124 Å². The summed E-state index contributed by atoms with van der Waals surface area (Å²) in [6.45, 7) is 1.83. The highest BCUT2D eigenvalue weighted by atomic mass is 16.5. The fourth-order valence-corrected chi connectivity index (χ4v) is 2.63. The lowest BCUT2D eigenvalue weighted by Gasteiger charge is -2.29. The van der Waals surface area contributed by atoms with Gasteiger partial charge in [0.1, 0.15) is 5.75 Å². The normalized spacial score (nSPS) is 21.6. The molecule has 1 aliphatic rings. The van der Waals surface area contributed by atoms with Crippen molar-refractivity contribution in [2.24, 2.45) is 5.92 Å². The fraction of sp³-hybridized carbons (Fsp3) is 0.500. The summed E-state index contributed by atoms with van der Waals surface area (Å²) >= 11 is 0. The molecule has 0 spiro atoms. The number of esters is 1. The first-order valence-corrected chi connectivity index (χ1v) is 7.32. The number of aromatic hydroxyl groups is 1. The van der Waals surface area contributed by atoms with Crippen molar-refractivity contribution in [3.05, 3.63) is 29.8 Å². The SMILES string of the molecule is C[C@H]1CCCC[C@@H]1NC(=O)COC(=O)c1cccc(O)c1. The number of carbonyl (C=O) groups excluding carboxylic acids is 2. The summed E-state index contributed by atoms with van der Waals surface area (Å²) in [5.74, 6) is -0.436. The van der Waals surface area contributed by atoms with Crippen molar-refractivity contribution in [3.63, 3.8) is 0 Å². The molecule has 1 fully saturated rings. The number of ether oxygens (including phenoxy) is 1. The largest absolute Gasteiger partial charge is 0.508 e. The first-order chi connectivity index (χ1) is 10.1. The number of benzene rings is 1. The molecule has 1 aliphatic carbocycles. The maximum Gasteiger partial charge on any atom is 0.338 e. The molecule has 0 radical (unpaired) electrons. The number of hydrogen-bond donors (Lipinski definition) is 2. The summed E-state index contributed by atoms with van der Waals surface area (Å²) in [5, 5.41) is 12.2. The van der Waals surface area contributed by atoms with E-state index in [1.54, 1.807) is 6.07 Å².